The van der Waals surface area contributed by atoms with E-state index in [1.54, 1.807) is 6.07 Å². The Kier molecular flexibility index (Phi) is 4.33. The van der Waals surface area contributed by atoms with E-state index < -0.39 is 22.1 Å². The van der Waals surface area contributed by atoms with Gasteiger partial charge < -0.3 is 4.74 Å². The minimum atomic E-state index is -4.90. The van der Waals surface area contributed by atoms with Crippen molar-refractivity contribution >= 4 is 10.0 Å². The van der Waals surface area contributed by atoms with Crippen LogP contribution in [0.3, 0.4) is 0 Å². The highest BCUT2D eigenvalue weighted by Crippen LogP contribution is 2.29. The van der Waals surface area contributed by atoms with Crippen LogP contribution in [-0.2, 0) is 10.0 Å². The zero-order valence-corrected chi connectivity index (χ0v) is 12.5. The highest BCUT2D eigenvalue weighted by Gasteiger charge is 2.31. The second-order valence-corrected chi connectivity index (χ2v) is 6.52. The molecular formula is C13H10F3N3O3S. The van der Waals surface area contributed by atoms with E-state index in [4.69, 9.17) is 5.26 Å². The summed E-state index contributed by atoms with van der Waals surface area (Å²) in [6.07, 6.45) is -2.56. The molecule has 1 heterocycles. The molecule has 23 heavy (non-hydrogen) atoms. The lowest BCUT2D eigenvalue weighted by Crippen LogP contribution is -2.17. The van der Waals surface area contributed by atoms with E-state index in [0.717, 1.165) is 22.4 Å². The highest BCUT2D eigenvalue weighted by atomic mass is 32.2. The Labute approximate surface area is 129 Å². The maximum atomic E-state index is 12.3. The van der Waals surface area contributed by atoms with Crippen LogP contribution in [0.4, 0.5) is 13.2 Å². The molecule has 0 bridgehead atoms. The van der Waals surface area contributed by atoms with Crippen LogP contribution in [0.2, 0.25) is 0 Å². The summed E-state index contributed by atoms with van der Waals surface area (Å²) in [6.45, 7) is 1.43. The normalized spacial score (nSPS) is 12.0. The van der Waals surface area contributed by atoms with E-state index in [1.807, 2.05) is 0 Å². The largest absolute Gasteiger partial charge is 0.573 e. The fourth-order valence-electron chi connectivity index (χ4n) is 1.76. The number of hydrogen-bond acceptors (Lipinski definition) is 5. The summed E-state index contributed by atoms with van der Waals surface area (Å²) in [4.78, 5) is 0. The number of aromatic nitrogens is 2. The molecule has 0 aliphatic heterocycles. The second kappa shape index (κ2) is 5.92. The van der Waals surface area contributed by atoms with E-state index in [9.17, 15) is 21.6 Å². The number of benzene rings is 1. The molecule has 2 rings (SSSR count). The maximum absolute atomic E-state index is 12.3. The molecule has 1 aromatic heterocycles. The molecule has 0 aliphatic carbocycles. The van der Waals surface area contributed by atoms with Crippen LogP contribution in [-0.4, -0.2) is 29.7 Å². The van der Waals surface area contributed by atoms with Gasteiger partial charge in [-0.2, -0.15) is 14.4 Å². The molecule has 6 nitrogen and oxygen atoms in total. The van der Waals surface area contributed by atoms with Crippen molar-refractivity contribution in [2.24, 2.45) is 0 Å². The minimum absolute atomic E-state index is 0.0622. The molecule has 0 atom stereocenters. The minimum Gasteiger partial charge on any atom is -0.406 e. The first-order valence-electron chi connectivity index (χ1n) is 6.24. The van der Waals surface area contributed by atoms with Gasteiger partial charge in [-0.1, -0.05) is 0 Å². The number of ether oxygens (including phenoxy) is 1. The summed E-state index contributed by atoms with van der Waals surface area (Å²) in [5.74, 6) is -0.757. The zero-order chi connectivity index (χ0) is 17.3. The van der Waals surface area contributed by atoms with E-state index >= 15 is 0 Å². The summed E-state index contributed by atoms with van der Waals surface area (Å²) < 4.78 is 64.9. The number of hydrogen-bond donors (Lipinski definition) is 0. The fourth-order valence-corrected chi connectivity index (χ4v) is 2.49. The molecule has 122 valence electrons. The molecule has 2 aromatic rings. The molecule has 0 aliphatic rings. The Morgan fingerprint density at radius 2 is 2.00 bits per heavy atom. The Hall–Kier alpha value is -2.54. The van der Waals surface area contributed by atoms with Gasteiger partial charge in [0, 0.05) is 5.56 Å². The first kappa shape index (κ1) is 16.8. The number of rotatable bonds is 4. The number of alkyl halides is 3. The van der Waals surface area contributed by atoms with Crippen LogP contribution in [0.1, 0.15) is 12.5 Å². The van der Waals surface area contributed by atoms with Crippen molar-refractivity contribution in [3.8, 4) is 22.9 Å². The predicted octanol–water partition coefficient (Wildman–Crippen LogP) is 2.52. The van der Waals surface area contributed by atoms with Crippen LogP contribution in [0.25, 0.3) is 11.1 Å². The van der Waals surface area contributed by atoms with Crippen LogP contribution >= 0.6 is 0 Å². The molecule has 0 N–H and O–H groups in total. The van der Waals surface area contributed by atoms with Crippen molar-refractivity contribution in [2.45, 2.75) is 13.3 Å². The monoisotopic (exact) mass is 345 g/mol. The lowest BCUT2D eigenvalue weighted by atomic mass is 10.1. The highest BCUT2D eigenvalue weighted by molar-refractivity contribution is 7.89. The van der Waals surface area contributed by atoms with Crippen molar-refractivity contribution < 1.29 is 26.3 Å². The third-order valence-electron chi connectivity index (χ3n) is 2.81. The van der Waals surface area contributed by atoms with Crippen molar-refractivity contribution in [3.05, 3.63) is 36.2 Å². The smallest absolute Gasteiger partial charge is 0.406 e. The molecule has 0 fully saturated rings. The fraction of sp³-hybridized carbons (Fsp3) is 0.231. The summed E-state index contributed by atoms with van der Waals surface area (Å²) in [5.41, 5.74) is 0.361. The number of nitriles is 1. The molecule has 0 radical (unpaired) electrons. The van der Waals surface area contributed by atoms with Gasteiger partial charge in [-0.15, -0.1) is 13.2 Å². The van der Waals surface area contributed by atoms with Crippen molar-refractivity contribution in [3.63, 3.8) is 0 Å². The second-order valence-electron chi connectivity index (χ2n) is 4.41. The van der Waals surface area contributed by atoms with E-state index in [-0.39, 0.29) is 22.4 Å². The van der Waals surface area contributed by atoms with Gasteiger partial charge in [-0.05, 0) is 30.7 Å². The van der Waals surface area contributed by atoms with Gasteiger partial charge in [0.1, 0.15) is 5.75 Å². The topological polar surface area (TPSA) is 85.0 Å². The molecule has 0 spiro atoms. The number of nitrogens with zero attached hydrogens (tertiary/aromatic N) is 3. The quantitative estimate of drug-likeness (QED) is 0.850. The van der Waals surface area contributed by atoms with Gasteiger partial charge >= 0.3 is 6.36 Å². The lowest BCUT2D eigenvalue weighted by molar-refractivity contribution is -0.274. The third kappa shape index (κ3) is 4.01. The Balaban J connectivity index is 2.48. The Bertz CT molecular complexity index is 867. The standard InChI is InChI=1S/C13H10F3N3O3S/c1-2-23(20,21)19-8-11(7-18-19)10-3-9(6-17)4-12(5-10)22-13(14,15)16/h3-5,7-8H,2H2,1H3. The summed E-state index contributed by atoms with van der Waals surface area (Å²) in [5, 5.41) is 12.6. The summed E-state index contributed by atoms with van der Waals surface area (Å²) in [7, 11) is -3.61. The van der Waals surface area contributed by atoms with Crippen molar-refractivity contribution in [2.75, 3.05) is 5.75 Å². The first-order valence-corrected chi connectivity index (χ1v) is 7.85. The average molecular weight is 345 g/mol. The molecule has 0 saturated heterocycles. The zero-order valence-electron chi connectivity index (χ0n) is 11.7. The van der Waals surface area contributed by atoms with Crippen molar-refractivity contribution in [1.82, 2.24) is 9.19 Å². The van der Waals surface area contributed by atoms with Gasteiger partial charge in [-0.3, -0.25) is 0 Å². The van der Waals surface area contributed by atoms with Gasteiger partial charge in [0.05, 0.1) is 29.8 Å². The average Bonchev–Trinajstić information content (AvgIpc) is 2.95. The van der Waals surface area contributed by atoms with Crippen LogP contribution in [0, 0.1) is 11.3 Å². The van der Waals surface area contributed by atoms with E-state index in [2.05, 4.69) is 9.84 Å². The maximum Gasteiger partial charge on any atom is 0.573 e. The van der Waals surface area contributed by atoms with Gasteiger partial charge in [-0.25, -0.2) is 8.42 Å². The molecule has 10 heteroatoms. The summed E-state index contributed by atoms with van der Waals surface area (Å²) >= 11 is 0. The molecule has 0 unspecified atom stereocenters. The third-order valence-corrected chi connectivity index (χ3v) is 4.31. The van der Waals surface area contributed by atoms with Crippen LogP contribution in [0.15, 0.2) is 30.6 Å². The van der Waals surface area contributed by atoms with Crippen molar-refractivity contribution in [1.29, 1.82) is 5.26 Å². The van der Waals surface area contributed by atoms with Crippen LogP contribution in [0.5, 0.6) is 5.75 Å². The Morgan fingerprint density at radius 1 is 1.30 bits per heavy atom. The SMILES string of the molecule is CCS(=O)(=O)n1cc(-c2cc(C#N)cc(OC(F)(F)F)c2)cn1. The van der Waals surface area contributed by atoms with Gasteiger partial charge in [0.2, 0.25) is 0 Å². The molecular weight excluding hydrogens is 335 g/mol. The Morgan fingerprint density at radius 3 is 2.57 bits per heavy atom. The molecule has 0 saturated carbocycles. The lowest BCUT2D eigenvalue weighted by Gasteiger charge is -2.10. The van der Waals surface area contributed by atoms with E-state index in [1.165, 1.54) is 19.2 Å². The van der Waals surface area contributed by atoms with Gasteiger partial charge in [0.25, 0.3) is 10.0 Å². The van der Waals surface area contributed by atoms with Gasteiger partial charge in [0.15, 0.2) is 0 Å². The molecule has 1 aromatic carbocycles. The number of halogens is 3. The summed E-state index contributed by atoms with van der Waals surface area (Å²) in [6, 6.07) is 5.01. The predicted molar refractivity (Wildman–Crippen MR) is 73.9 cm³/mol. The molecule has 0 amide bonds. The van der Waals surface area contributed by atoms with E-state index in [0.29, 0.717) is 0 Å². The first-order chi connectivity index (χ1) is 10.6. The van der Waals surface area contributed by atoms with Crippen LogP contribution < -0.4 is 4.74 Å².